The number of hydrogen-bond acceptors (Lipinski definition) is 7. The van der Waals surface area contributed by atoms with E-state index in [4.69, 9.17) is 9.47 Å². The molecule has 3 aromatic carbocycles. The van der Waals surface area contributed by atoms with E-state index in [2.05, 4.69) is 10.4 Å². The summed E-state index contributed by atoms with van der Waals surface area (Å²) in [6, 6.07) is 19.7. The van der Waals surface area contributed by atoms with Crippen LogP contribution in [0.15, 0.2) is 77.7 Å². The molecule has 1 aliphatic heterocycles. The average molecular weight is 568 g/mol. The quantitative estimate of drug-likeness (QED) is 0.345. The van der Waals surface area contributed by atoms with E-state index in [0.29, 0.717) is 54.6 Å². The van der Waals surface area contributed by atoms with Crippen molar-refractivity contribution < 1.29 is 19.1 Å². The minimum Gasteiger partial charge on any atom is -0.497 e. The Morgan fingerprint density at radius 1 is 0.881 bits per heavy atom. The van der Waals surface area contributed by atoms with E-state index < -0.39 is 5.56 Å². The molecule has 0 atom stereocenters. The van der Waals surface area contributed by atoms with Crippen LogP contribution in [0.3, 0.4) is 0 Å². The first kappa shape index (κ1) is 28.4. The number of aromatic nitrogens is 2. The number of carbonyl (C=O) groups is 2. The number of hydrogen-bond donors (Lipinski definition) is 1. The van der Waals surface area contributed by atoms with Crippen molar-refractivity contribution >= 4 is 23.2 Å². The van der Waals surface area contributed by atoms with Gasteiger partial charge in [-0.15, -0.1) is 0 Å². The summed E-state index contributed by atoms with van der Waals surface area (Å²) in [4.78, 5) is 42.3. The number of ether oxygens (including phenoxy) is 2. The third-order valence-corrected chi connectivity index (χ3v) is 7.43. The molecule has 1 N–H and O–H groups in total. The topological polar surface area (TPSA) is 106 Å². The Morgan fingerprint density at radius 2 is 1.57 bits per heavy atom. The maximum atomic E-state index is 13.9. The van der Waals surface area contributed by atoms with Crippen LogP contribution in [0, 0.1) is 13.8 Å². The molecule has 2 heterocycles. The van der Waals surface area contributed by atoms with Crippen molar-refractivity contribution in [1.29, 1.82) is 0 Å². The number of amides is 2. The number of aryl methyl sites for hydroxylation is 1. The molecule has 10 nitrogen and oxygen atoms in total. The number of anilines is 2. The molecule has 0 bridgehead atoms. The standard InChI is InChI=1S/C32H33N5O5/c1-21-7-5-10-28(22(21)2)42-29-20-33-37(26-11-13-27(41-4)14-12-26)32(40)30(29)34-25-9-6-8-24(19-25)31(39)36-17-15-35(16-18-36)23(3)38/h5-14,19-20,34H,15-18H2,1-4H3. The van der Waals surface area contributed by atoms with Gasteiger partial charge < -0.3 is 24.6 Å². The predicted molar refractivity (Wildman–Crippen MR) is 160 cm³/mol. The number of piperazine rings is 1. The van der Waals surface area contributed by atoms with Gasteiger partial charge in [-0.1, -0.05) is 18.2 Å². The van der Waals surface area contributed by atoms with Crippen LogP contribution < -0.4 is 20.3 Å². The largest absolute Gasteiger partial charge is 0.497 e. The van der Waals surface area contributed by atoms with E-state index in [9.17, 15) is 14.4 Å². The average Bonchev–Trinajstić information content (AvgIpc) is 3.01. The van der Waals surface area contributed by atoms with Gasteiger partial charge >= 0.3 is 0 Å². The Hall–Kier alpha value is -5.12. The minimum absolute atomic E-state index is 0.00447. The summed E-state index contributed by atoms with van der Waals surface area (Å²) in [5.74, 6) is 1.37. The normalized spacial score (nSPS) is 13.0. The summed E-state index contributed by atoms with van der Waals surface area (Å²) in [5, 5.41) is 7.59. The SMILES string of the molecule is COc1ccc(-n2ncc(Oc3cccc(C)c3C)c(Nc3cccc(C(=O)N4CCN(C(C)=O)CC4)c3)c2=O)cc1. The van der Waals surface area contributed by atoms with Crippen molar-refractivity contribution in [1.82, 2.24) is 19.6 Å². The molecule has 1 fully saturated rings. The van der Waals surface area contributed by atoms with E-state index in [1.807, 2.05) is 32.0 Å². The van der Waals surface area contributed by atoms with E-state index >= 15 is 0 Å². The fraction of sp³-hybridized carbons (Fsp3) is 0.250. The molecule has 1 aliphatic rings. The predicted octanol–water partition coefficient (Wildman–Crippen LogP) is 4.70. The first-order valence-electron chi connectivity index (χ1n) is 13.7. The van der Waals surface area contributed by atoms with Crippen LogP contribution in [-0.2, 0) is 4.79 Å². The van der Waals surface area contributed by atoms with Crippen LogP contribution in [0.4, 0.5) is 11.4 Å². The van der Waals surface area contributed by atoms with E-state index in [0.717, 1.165) is 11.1 Å². The van der Waals surface area contributed by atoms with Gasteiger partial charge in [0, 0.05) is 44.4 Å². The third kappa shape index (κ3) is 5.97. The smallest absolute Gasteiger partial charge is 0.299 e. The Balaban J connectivity index is 1.49. The van der Waals surface area contributed by atoms with Crippen molar-refractivity contribution in [2.45, 2.75) is 20.8 Å². The van der Waals surface area contributed by atoms with Crippen molar-refractivity contribution in [2.24, 2.45) is 0 Å². The maximum Gasteiger partial charge on any atom is 0.299 e. The molecule has 0 spiro atoms. The molecule has 5 rings (SSSR count). The summed E-state index contributed by atoms with van der Waals surface area (Å²) in [7, 11) is 1.58. The van der Waals surface area contributed by atoms with Crippen LogP contribution in [-0.4, -0.2) is 64.7 Å². The highest BCUT2D eigenvalue weighted by molar-refractivity contribution is 5.95. The van der Waals surface area contributed by atoms with Crippen molar-refractivity contribution in [3.05, 3.63) is 100.0 Å². The van der Waals surface area contributed by atoms with Crippen molar-refractivity contribution in [2.75, 3.05) is 38.6 Å². The Morgan fingerprint density at radius 3 is 2.26 bits per heavy atom. The van der Waals surface area contributed by atoms with E-state index in [1.54, 1.807) is 65.4 Å². The number of carbonyl (C=O) groups excluding carboxylic acids is 2. The van der Waals surface area contributed by atoms with E-state index in [-0.39, 0.29) is 23.3 Å². The van der Waals surface area contributed by atoms with Gasteiger partial charge in [0.1, 0.15) is 11.5 Å². The molecule has 10 heteroatoms. The Labute approximate surface area is 244 Å². The molecule has 0 radical (unpaired) electrons. The van der Waals surface area contributed by atoms with E-state index in [1.165, 1.54) is 17.8 Å². The first-order valence-corrected chi connectivity index (χ1v) is 13.7. The van der Waals surface area contributed by atoms with Crippen LogP contribution in [0.25, 0.3) is 5.69 Å². The lowest BCUT2D eigenvalue weighted by Gasteiger charge is -2.34. The highest BCUT2D eigenvalue weighted by atomic mass is 16.5. The molecule has 1 saturated heterocycles. The molecule has 2 amide bonds. The zero-order valence-electron chi connectivity index (χ0n) is 24.1. The second-order valence-electron chi connectivity index (χ2n) is 10.1. The lowest BCUT2D eigenvalue weighted by atomic mass is 10.1. The van der Waals surface area contributed by atoms with Gasteiger partial charge in [-0.3, -0.25) is 14.4 Å². The van der Waals surface area contributed by atoms with Gasteiger partial charge in [-0.05, 0) is 73.5 Å². The molecule has 0 unspecified atom stereocenters. The number of benzene rings is 3. The highest BCUT2D eigenvalue weighted by Crippen LogP contribution is 2.32. The zero-order valence-corrected chi connectivity index (χ0v) is 24.1. The van der Waals surface area contributed by atoms with Crippen LogP contribution in [0.5, 0.6) is 17.2 Å². The highest BCUT2D eigenvalue weighted by Gasteiger charge is 2.24. The fourth-order valence-corrected chi connectivity index (χ4v) is 4.77. The van der Waals surface area contributed by atoms with Gasteiger partial charge in [0.2, 0.25) is 5.91 Å². The summed E-state index contributed by atoms with van der Waals surface area (Å²) in [6.45, 7) is 7.40. The van der Waals surface area contributed by atoms with Gasteiger partial charge in [-0.2, -0.15) is 9.78 Å². The van der Waals surface area contributed by atoms with Gasteiger partial charge in [0.25, 0.3) is 11.5 Å². The molecule has 1 aromatic heterocycles. The number of methoxy groups -OCH3 is 1. The molecule has 0 saturated carbocycles. The third-order valence-electron chi connectivity index (χ3n) is 7.43. The van der Waals surface area contributed by atoms with Crippen molar-refractivity contribution in [3.8, 4) is 22.9 Å². The second-order valence-corrected chi connectivity index (χ2v) is 10.1. The number of nitrogens with one attached hydrogen (secondary N) is 1. The fourth-order valence-electron chi connectivity index (χ4n) is 4.77. The van der Waals surface area contributed by atoms with Crippen LogP contribution >= 0.6 is 0 Å². The molecule has 0 aliphatic carbocycles. The summed E-state index contributed by atoms with van der Waals surface area (Å²) >= 11 is 0. The number of rotatable bonds is 7. The molecular formula is C32H33N5O5. The molecule has 42 heavy (non-hydrogen) atoms. The molecular weight excluding hydrogens is 534 g/mol. The van der Waals surface area contributed by atoms with Gasteiger partial charge in [0.15, 0.2) is 11.4 Å². The minimum atomic E-state index is -0.431. The van der Waals surface area contributed by atoms with Gasteiger partial charge in [-0.25, -0.2) is 0 Å². The Kier molecular flexibility index (Phi) is 8.24. The zero-order chi connectivity index (χ0) is 29.8. The van der Waals surface area contributed by atoms with Crippen LogP contribution in [0.1, 0.15) is 28.4 Å². The molecule has 216 valence electrons. The first-order chi connectivity index (χ1) is 20.2. The second kappa shape index (κ2) is 12.2. The molecule has 4 aromatic rings. The lowest BCUT2D eigenvalue weighted by molar-refractivity contribution is -0.130. The van der Waals surface area contributed by atoms with Gasteiger partial charge in [0.05, 0.1) is 19.0 Å². The summed E-state index contributed by atoms with van der Waals surface area (Å²) in [6.07, 6.45) is 1.50. The maximum absolute atomic E-state index is 13.9. The summed E-state index contributed by atoms with van der Waals surface area (Å²) in [5.41, 5.74) is 3.30. The monoisotopic (exact) mass is 567 g/mol. The van der Waals surface area contributed by atoms with Crippen molar-refractivity contribution in [3.63, 3.8) is 0 Å². The number of nitrogens with zero attached hydrogens (tertiary/aromatic N) is 4. The van der Waals surface area contributed by atoms with Crippen LogP contribution in [0.2, 0.25) is 0 Å². The lowest BCUT2D eigenvalue weighted by Crippen LogP contribution is -2.50. The summed E-state index contributed by atoms with van der Waals surface area (Å²) < 4.78 is 12.8. The Bertz CT molecular complexity index is 1670.